The minimum Gasteiger partial charge on any atom is -0.370 e. The smallest absolute Gasteiger partial charge is 0.248 e. The monoisotopic (exact) mass is 328 g/mol. The lowest BCUT2D eigenvalue weighted by molar-refractivity contribution is 0.0402. The van der Waals surface area contributed by atoms with Gasteiger partial charge in [0, 0.05) is 12.8 Å². The van der Waals surface area contributed by atoms with Gasteiger partial charge < -0.3 is 9.26 Å². The van der Waals surface area contributed by atoms with Crippen molar-refractivity contribution in [2.45, 2.75) is 33.4 Å². The van der Waals surface area contributed by atoms with Gasteiger partial charge in [0.25, 0.3) is 0 Å². The second kappa shape index (κ2) is 6.29. The first kappa shape index (κ1) is 14.2. The summed E-state index contributed by atoms with van der Waals surface area (Å²) in [5, 5.41) is 8.07. The predicted molar refractivity (Wildman–Crippen MR) is 72.5 cm³/mol. The summed E-state index contributed by atoms with van der Waals surface area (Å²) in [4.78, 5) is 4.31. The summed E-state index contributed by atoms with van der Waals surface area (Å²) < 4.78 is 13.5. The maximum absolute atomic E-state index is 5.64. The third-order valence-corrected chi connectivity index (χ3v) is 2.84. The Morgan fingerprint density at radius 1 is 1.42 bits per heavy atom. The Morgan fingerprint density at radius 3 is 2.84 bits per heavy atom. The Kier molecular flexibility index (Phi) is 4.71. The maximum atomic E-state index is 5.64. The lowest BCUT2D eigenvalue weighted by Crippen LogP contribution is -2.08. The maximum Gasteiger partial charge on any atom is 0.248 e. The fourth-order valence-electron chi connectivity index (χ4n) is 1.47. The molecular weight excluding hydrogens is 312 g/mol. The molecule has 6 nitrogen and oxygen atoms in total. The van der Waals surface area contributed by atoms with Gasteiger partial charge in [-0.05, 0) is 28.8 Å². The van der Waals surface area contributed by atoms with E-state index in [1.54, 1.807) is 10.9 Å². The van der Waals surface area contributed by atoms with E-state index in [-0.39, 0.29) is 6.10 Å². The Hall–Kier alpha value is -1.21. The van der Waals surface area contributed by atoms with E-state index in [1.807, 2.05) is 13.1 Å². The molecule has 2 rings (SSSR count). The molecule has 0 aromatic carbocycles. The Morgan fingerprint density at radius 2 is 2.21 bits per heavy atom. The van der Waals surface area contributed by atoms with Crippen LogP contribution in [0.25, 0.3) is 0 Å². The molecule has 0 aliphatic carbocycles. The molecule has 2 heterocycles. The van der Waals surface area contributed by atoms with E-state index in [0.29, 0.717) is 30.8 Å². The summed E-state index contributed by atoms with van der Waals surface area (Å²) in [6.07, 6.45) is 3.40. The van der Waals surface area contributed by atoms with Crippen LogP contribution >= 0.6 is 15.9 Å². The second-order valence-corrected chi connectivity index (χ2v) is 5.69. The van der Waals surface area contributed by atoms with Crippen LogP contribution in [0.1, 0.15) is 38.6 Å². The highest BCUT2D eigenvalue weighted by atomic mass is 79.9. The molecule has 2 aromatic rings. The zero-order valence-corrected chi connectivity index (χ0v) is 12.8. The normalized spacial score (nSPS) is 13.1. The van der Waals surface area contributed by atoms with Crippen molar-refractivity contribution in [3.63, 3.8) is 0 Å². The molecule has 0 aliphatic heterocycles. The first-order chi connectivity index (χ1) is 9.04. The molecule has 0 saturated carbocycles. The number of halogens is 1. The van der Waals surface area contributed by atoms with Gasteiger partial charge in [-0.15, -0.1) is 0 Å². The largest absolute Gasteiger partial charge is 0.370 e. The highest BCUT2D eigenvalue weighted by Gasteiger charge is 2.15. The van der Waals surface area contributed by atoms with Crippen molar-refractivity contribution in [2.24, 2.45) is 5.92 Å². The molecule has 19 heavy (non-hydrogen) atoms. The molecule has 0 saturated heterocycles. The zero-order valence-electron chi connectivity index (χ0n) is 11.2. The minimum absolute atomic E-state index is 0.163. The van der Waals surface area contributed by atoms with Gasteiger partial charge in [-0.1, -0.05) is 19.0 Å². The van der Waals surface area contributed by atoms with Gasteiger partial charge in [-0.3, -0.25) is 4.68 Å². The summed E-state index contributed by atoms with van der Waals surface area (Å²) >= 11 is 3.34. The molecule has 0 spiro atoms. The fourth-order valence-corrected chi connectivity index (χ4v) is 1.80. The predicted octanol–water partition coefficient (Wildman–Crippen LogP) is 2.81. The Balaban J connectivity index is 1.94. The van der Waals surface area contributed by atoms with Crippen LogP contribution in [-0.2, 0) is 11.3 Å². The van der Waals surface area contributed by atoms with Crippen molar-refractivity contribution in [3.8, 4) is 0 Å². The van der Waals surface area contributed by atoms with E-state index in [9.17, 15) is 0 Å². The van der Waals surface area contributed by atoms with Crippen LogP contribution in [0.2, 0.25) is 0 Å². The standard InChI is InChI=1S/C12H17BrN4O2/c1-8(2)7-18-9(3)12-15-11(19-16-12)6-17-5-10(13)4-14-17/h4-5,8-9H,6-7H2,1-3H3/t9-/m1/s1. The number of ether oxygens (including phenoxy) is 1. The molecule has 0 bridgehead atoms. The van der Waals surface area contributed by atoms with E-state index in [1.165, 1.54) is 0 Å². The second-order valence-electron chi connectivity index (χ2n) is 4.77. The molecule has 7 heteroatoms. The molecule has 1 atom stereocenters. The molecule has 2 aromatic heterocycles. The minimum atomic E-state index is -0.163. The van der Waals surface area contributed by atoms with E-state index in [4.69, 9.17) is 9.26 Å². The van der Waals surface area contributed by atoms with Crippen LogP contribution in [0.5, 0.6) is 0 Å². The van der Waals surface area contributed by atoms with Crippen molar-refractivity contribution in [1.29, 1.82) is 0 Å². The molecule has 0 radical (unpaired) electrons. The van der Waals surface area contributed by atoms with E-state index in [0.717, 1.165) is 4.47 Å². The van der Waals surface area contributed by atoms with Crippen molar-refractivity contribution in [1.82, 2.24) is 19.9 Å². The molecule has 0 N–H and O–H groups in total. The lowest BCUT2D eigenvalue weighted by atomic mass is 10.2. The average Bonchev–Trinajstić information content (AvgIpc) is 2.96. The topological polar surface area (TPSA) is 66.0 Å². The summed E-state index contributed by atoms with van der Waals surface area (Å²) in [5.41, 5.74) is 0. The number of hydrogen-bond acceptors (Lipinski definition) is 5. The van der Waals surface area contributed by atoms with Crippen molar-refractivity contribution in [2.75, 3.05) is 6.61 Å². The summed E-state index contributed by atoms with van der Waals surface area (Å²) in [6, 6.07) is 0. The Labute approximate surface area is 120 Å². The number of hydrogen-bond donors (Lipinski definition) is 0. The van der Waals surface area contributed by atoms with Gasteiger partial charge in [-0.2, -0.15) is 10.1 Å². The first-order valence-electron chi connectivity index (χ1n) is 6.16. The van der Waals surface area contributed by atoms with Crippen molar-refractivity contribution in [3.05, 3.63) is 28.6 Å². The quantitative estimate of drug-likeness (QED) is 0.815. The molecule has 0 aliphatic rings. The van der Waals surface area contributed by atoms with Crippen molar-refractivity contribution < 1.29 is 9.26 Å². The van der Waals surface area contributed by atoms with Gasteiger partial charge in [0.05, 0.1) is 10.7 Å². The van der Waals surface area contributed by atoms with Crippen LogP contribution in [0.4, 0.5) is 0 Å². The van der Waals surface area contributed by atoms with Crippen LogP contribution in [0, 0.1) is 5.92 Å². The number of rotatable bonds is 6. The van der Waals surface area contributed by atoms with E-state index >= 15 is 0 Å². The highest BCUT2D eigenvalue weighted by Crippen LogP contribution is 2.15. The van der Waals surface area contributed by atoms with Crippen molar-refractivity contribution >= 4 is 15.9 Å². The van der Waals surface area contributed by atoms with Gasteiger partial charge in [0.1, 0.15) is 12.6 Å². The Bertz CT molecular complexity index is 523. The fraction of sp³-hybridized carbons (Fsp3) is 0.583. The zero-order chi connectivity index (χ0) is 13.8. The molecule has 0 unspecified atom stereocenters. The van der Waals surface area contributed by atoms with Crippen LogP contribution in [-0.4, -0.2) is 26.5 Å². The van der Waals surface area contributed by atoms with Crippen LogP contribution < -0.4 is 0 Å². The SMILES string of the molecule is CC(C)CO[C@H](C)c1noc(Cn2cc(Br)cn2)n1. The number of aromatic nitrogens is 4. The summed E-state index contributed by atoms with van der Waals surface area (Å²) in [7, 11) is 0. The molecule has 0 fully saturated rings. The average molecular weight is 329 g/mol. The lowest BCUT2D eigenvalue weighted by Gasteiger charge is -2.10. The van der Waals surface area contributed by atoms with Gasteiger partial charge in [-0.25, -0.2) is 0 Å². The molecular formula is C12H17BrN4O2. The van der Waals surface area contributed by atoms with Gasteiger partial charge in [0.2, 0.25) is 5.89 Å². The molecule has 104 valence electrons. The third kappa shape index (κ3) is 4.14. The summed E-state index contributed by atoms with van der Waals surface area (Å²) in [5.74, 6) is 1.57. The first-order valence-corrected chi connectivity index (χ1v) is 6.96. The van der Waals surface area contributed by atoms with E-state index < -0.39 is 0 Å². The third-order valence-electron chi connectivity index (χ3n) is 2.43. The summed E-state index contributed by atoms with van der Waals surface area (Å²) in [6.45, 7) is 7.25. The van der Waals surface area contributed by atoms with E-state index in [2.05, 4.69) is 45.0 Å². The van der Waals surface area contributed by atoms with Gasteiger partial charge >= 0.3 is 0 Å². The number of nitrogens with zero attached hydrogens (tertiary/aromatic N) is 4. The van der Waals surface area contributed by atoms with Crippen LogP contribution in [0.15, 0.2) is 21.4 Å². The van der Waals surface area contributed by atoms with Gasteiger partial charge in [0.15, 0.2) is 5.82 Å². The molecule has 0 amide bonds. The highest BCUT2D eigenvalue weighted by molar-refractivity contribution is 9.10. The van der Waals surface area contributed by atoms with Crippen LogP contribution in [0.3, 0.4) is 0 Å².